The van der Waals surface area contributed by atoms with Gasteiger partial charge in [-0.25, -0.2) is 0 Å². The van der Waals surface area contributed by atoms with Gasteiger partial charge in [-0.3, -0.25) is 0 Å². The van der Waals surface area contributed by atoms with Gasteiger partial charge >= 0.3 is 0 Å². The lowest BCUT2D eigenvalue weighted by Crippen LogP contribution is -2.40. The highest BCUT2D eigenvalue weighted by atomic mass is 15.2. The molecule has 1 aromatic rings. The van der Waals surface area contributed by atoms with Crippen molar-refractivity contribution in [3.8, 4) is 6.07 Å². The van der Waals surface area contributed by atoms with Crippen molar-refractivity contribution in [2.24, 2.45) is 5.41 Å². The Morgan fingerprint density at radius 2 is 2.18 bits per heavy atom. The van der Waals surface area contributed by atoms with E-state index in [-0.39, 0.29) is 0 Å². The molecule has 17 heavy (non-hydrogen) atoms. The minimum Gasteiger partial charge on any atom is -0.396 e. The van der Waals surface area contributed by atoms with Crippen molar-refractivity contribution < 1.29 is 0 Å². The van der Waals surface area contributed by atoms with E-state index in [1.165, 1.54) is 12.8 Å². The van der Waals surface area contributed by atoms with Gasteiger partial charge in [0, 0.05) is 13.1 Å². The Bertz CT molecular complexity index is 457. The van der Waals surface area contributed by atoms with Gasteiger partial charge in [0.25, 0.3) is 0 Å². The number of benzene rings is 1. The molecule has 0 bridgehead atoms. The van der Waals surface area contributed by atoms with Gasteiger partial charge in [0.15, 0.2) is 0 Å². The molecule has 1 fully saturated rings. The zero-order chi connectivity index (χ0) is 12.5. The molecule has 0 saturated carbocycles. The molecule has 3 heteroatoms. The van der Waals surface area contributed by atoms with Gasteiger partial charge in [-0.1, -0.05) is 19.9 Å². The van der Waals surface area contributed by atoms with Crippen molar-refractivity contribution in [3.63, 3.8) is 0 Å². The third-order valence-electron chi connectivity index (χ3n) is 3.44. The maximum atomic E-state index is 9.00. The van der Waals surface area contributed by atoms with E-state index in [4.69, 9.17) is 11.0 Å². The molecule has 0 spiro atoms. The van der Waals surface area contributed by atoms with Crippen LogP contribution < -0.4 is 10.6 Å². The number of hydrogen-bond acceptors (Lipinski definition) is 3. The Morgan fingerprint density at radius 1 is 1.41 bits per heavy atom. The molecular formula is C14H19N3. The van der Waals surface area contributed by atoms with Gasteiger partial charge in [0.1, 0.15) is 6.07 Å². The average Bonchev–Trinajstić information content (AvgIpc) is 2.28. The number of nitrogen functional groups attached to an aromatic ring is 1. The van der Waals surface area contributed by atoms with Crippen molar-refractivity contribution in [2.45, 2.75) is 26.7 Å². The molecule has 1 heterocycles. The van der Waals surface area contributed by atoms with Crippen LogP contribution in [0.25, 0.3) is 0 Å². The molecule has 0 radical (unpaired) electrons. The molecule has 2 rings (SSSR count). The fourth-order valence-electron chi connectivity index (χ4n) is 2.56. The molecule has 1 aliphatic rings. The predicted octanol–water partition coefficient (Wildman–Crippen LogP) is 2.77. The lowest BCUT2D eigenvalue weighted by Gasteiger charge is -2.40. The molecule has 3 nitrogen and oxygen atoms in total. The summed E-state index contributed by atoms with van der Waals surface area (Å²) in [7, 11) is 0. The summed E-state index contributed by atoms with van der Waals surface area (Å²) in [4.78, 5) is 2.31. The van der Waals surface area contributed by atoms with Crippen LogP contribution in [0.5, 0.6) is 0 Å². The predicted molar refractivity (Wildman–Crippen MR) is 70.8 cm³/mol. The number of nitrogens with two attached hydrogens (primary N) is 1. The number of nitrogens with zero attached hydrogens (tertiary/aromatic N) is 2. The molecule has 0 amide bonds. The van der Waals surface area contributed by atoms with Crippen molar-refractivity contribution in [1.29, 1.82) is 5.26 Å². The minimum absolute atomic E-state index is 0.327. The summed E-state index contributed by atoms with van der Waals surface area (Å²) < 4.78 is 0. The van der Waals surface area contributed by atoms with Crippen molar-refractivity contribution in [1.82, 2.24) is 0 Å². The normalized spacial score (nSPS) is 18.8. The zero-order valence-electron chi connectivity index (χ0n) is 10.5. The van der Waals surface area contributed by atoms with Gasteiger partial charge in [-0.2, -0.15) is 5.26 Å². The second-order valence-corrected chi connectivity index (χ2v) is 5.54. The first-order valence-corrected chi connectivity index (χ1v) is 6.07. The summed E-state index contributed by atoms with van der Waals surface area (Å²) in [5.41, 5.74) is 8.58. The Labute approximate surface area is 103 Å². The number of rotatable bonds is 1. The number of para-hydroxylation sites is 1. The van der Waals surface area contributed by atoms with E-state index in [0.717, 1.165) is 18.8 Å². The zero-order valence-corrected chi connectivity index (χ0v) is 10.5. The molecular weight excluding hydrogens is 210 g/mol. The highest BCUT2D eigenvalue weighted by molar-refractivity contribution is 5.74. The maximum Gasteiger partial charge on any atom is 0.101 e. The summed E-state index contributed by atoms with van der Waals surface area (Å²) in [6.45, 7) is 6.60. The van der Waals surface area contributed by atoms with Crippen LogP contribution in [-0.4, -0.2) is 13.1 Å². The standard InChI is InChI=1S/C14H19N3/c1-14(2)7-4-8-17(10-14)12-6-3-5-11(9-15)13(12)16/h3,5-6H,4,7-8,10,16H2,1-2H3. The van der Waals surface area contributed by atoms with Crippen LogP contribution in [0.4, 0.5) is 11.4 Å². The summed E-state index contributed by atoms with van der Waals surface area (Å²) in [6, 6.07) is 7.84. The van der Waals surface area contributed by atoms with Gasteiger partial charge in [0.05, 0.1) is 16.9 Å². The molecule has 2 N–H and O–H groups in total. The quantitative estimate of drug-likeness (QED) is 0.753. The molecule has 0 aliphatic carbocycles. The Hall–Kier alpha value is -1.69. The van der Waals surface area contributed by atoms with E-state index in [1.54, 1.807) is 6.07 Å². The van der Waals surface area contributed by atoms with Crippen LogP contribution in [0.2, 0.25) is 0 Å². The van der Waals surface area contributed by atoms with E-state index in [9.17, 15) is 0 Å². The third kappa shape index (κ3) is 2.36. The van der Waals surface area contributed by atoms with Gasteiger partial charge < -0.3 is 10.6 Å². The second kappa shape index (κ2) is 4.29. The summed E-state index contributed by atoms with van der Waals surface area (Å²) in [5, 5.41) is 9.00. The summed E-state index contributed by atoms with van der Waals surface area (Å²) in [6.07, 6.45) is 2.44. The van der Waals surface area contributed by atoms with Crippen molar-refractivity contribution in [3.05, 3.63) is 23.8 Å². The largest absolute Gasteiger partial charge is 0.396 e. The van der Waals surface area contributed by atoms with E-state index in [2.05, 4.69) is 24.8 Å². The second-order valence-electron chi connectivity index (χ2n) is 5.54. The van der Waals surface area contributed by atoms with Crippen LogP contribution in [0.3, 0.4) is 0 Å². The lowest BCUT2D eigenvalue weighted by molar-refractivity contribution is 0.293. The van der Waals surface area contributed by atoms with Crippen molar-refractivity contribution >= 4 is 11.4 Å². The van der Waals surface area contributed by atoms with E-state index >= 15 is 0 Å². The molecule has 0 unspecified atom stereocenters. The van der Waals surface area contributed by atoms with Crippen LogP contribution in [0.1, 0.15) is 32.3 Å². The first kappa shape index (κ1) is 11.8. The molecule has 1 aliphatic heterocycles. The number of nitriles is 1. The average molecular weight is 229 g/mol. The first-order chi connectivity index (χ1) is 8.03. The molecule has 0 aromatic heterocycles. The van der Waals surface area contributed by atoms with Crippen LogP contribution in [-0.2, 0) is 0 Å². The van der Waals surface area contributed by atoms with Gasteiger partial charge in [-0.05, 0) is 30.4 Å². The summed E-state index contributed by atoms with van der Waals surface area (Å²) >= 11 is 0. The minimum atomic E-state index is 0.327. The maximum absolute atomic E-state index is 9.00. The third-order valence-corrected chi connectivity index (χ3v) is 3.44. The molecule has 90 valence electrons. The molecule has 1 saturated heterocycles. The Balaban J connectivity index is 2.32. The van der Waals surface area contributed by atoms with Crippen molar-refractivity contribution in [2.75, 3.05) is 23.7 Å². The SMILES string of the molecule is CC1(C)CCCN(c2cccc(C#N)c2N)C1. The topological polar surface area (TPSA) is 53.0 Å². The molecule has 1 aromatic carbocycles. The highest BCUT2D eigenvalue weighted by Gasteiger charge is 2.27. The van der Waals surface area contributed by atoms with E-state index in [1.807, 2.05) is 12.1 Å². The number of piperidine rings is 1. The first-order valence-electron chi connectivity index (χ1n) is 6.07. The summed E-state index contributed by atoms with van der Waals surface area (Å²) in [5.74, 6) is 0. The van der Waals surface area contributed by atoms with Gasteiger partial charge in [0.2, 0.25) is 0 Å². The highest BCUT2D eigenvalue weighted by Crippen LogP contribution is 2.34. The van der Waals surface area contributed by atoms with Crippen LogP contribution in [0, 0.1) is 16.7 Å². The van der Waals surface area contributed by atoms with E-state index in [0.29, 0.717) is 16.7 Å². The van der Waals surface area contributed by atoms with E-state index < -0.39 is 0 Å². The van der Waals surface area contributed by atoms with Crippen LogP contribution >= 0.6 is 0 Å². The fraction of sp³-hybridized carbons (Fsp3) is 0.500. The Morgan fingerprint density at radius 3 is 2.82 bits per heavy atom. The Kier molecular flexibility index (Phi) is 2.97. The number of anilines is 2. The monoisotopic (exact) mass is 229 g/mol. The smallest absolute Gasteiger partial charge is 0.101 e. The fourth-order valence-corrected chi connectivity index (χ4v) is 2.56. The lowest BCUT2D eigenvalue weighted by atomic mass is 9.84. The van der Waals surface area contributed by atoms with Gasteiger partial charge in [-0.15, -0.1) is 0 Å². The number of hydrogen-bond donors (Lipinski definition) is 1. The molecule has 0 atom stereocenters. The van der Waals surface area contributed by atoms with Crippen LogP contribution in [0.15, 0.2) is 18.2 Å².